The number of thioether (sulfide) groups is 1. The van der Waals surface area contributed by atoms with Crippen LogP contribution in [-0.2, 0) is 13.5 Å². The van der Waals surface area contributed by atoms with Gasteiger partial charge in [0, 0.05) is 36.4 Å². The van der Waals surface area contributed by atoms with Crippen LogP contribution in [0.1, 0.15) is 19.0 Å². The second kappa shape index (κ2) is 8.14. The Balaban J connectivity index is 1.94. The predicted molar refractivity (Wildman–Crippen MR) is 83.9 cm³/mol. The van der Waals surface area contributed by atoms with Crippen molar-refractivity contribution in [2.45, 2.75) is 30.7 Å². The second-order valence-corrected chi connectivity index (χ2v) is 6.04. The molecule has 2 aromatic rings. The fourth-order valence-electron chi connectivity index (χ4n) is 2.03. The minimum absolute atomic E-state index is 0.156. The van der Waals surface area contributed by atoms with Crippen molar-refractivity contribution in [1.82, 2.24) is 20.3 Å². The van der Waals surface area contributed by atoms with Crippen molar-refractivity contribution < 1.29 is 4.39 Å². The molecule has 0 aliphatic carbocycles. The van der Waals surface area contributed by atoms with Gasteiger partial charge in [-0.25, -0.2) is 4.39 Å². The average Bonchev–Trinajstić information content (AvgIpc) is 2.88. The van der Waals surface area contributed by atoms with E-state index in [1.54, 1.807) is 10.7 Å². The molecule has 0 amide bonds. The Morgan fingerprint density at radius 3 is 2.86 bits per heavy atom. The Morgan fingerprint density at radius 1 is 1.38 bits per heavy atom. The Kier molecular flexibility index (Phi) is 6.20. The summed E-state index contributed by atoms with van der Waals surface area (Å²) in [5, 5.41) is 11.6. The van der Waals surface area contributed by atoms with E-state index in [0.29, 0.717) is 4.90 Å². The zero-order chi connectivity index (χ0) is 15.1. The van der Waals surface area contributed by atoms with E-state index >= 15 is 0 Å². The molecule has 1 aromatic carbocycles. The highest BCUT2D eigenvalue weighted by Gasteiger charge is 2.13. The smallest absolute Gasteiger partial charge is 0.136 e. The van der Waals surface area contributed by atoms with Crippen LogP contribution in [0.15, 0.2) is 35.4 Å². The van der Waals surface area contributed by atoms with Gasteiger partial charge in [-0.3, -0.25) is 4.68 Å². The molecule has 0 aliphatic rings. The van der Waals surface area contributed by atoms with Crippen molar-refractivity contribution in [2.24, 2.45) is 7.05 Å². The number of hydrogen-bond acceptors (Lipinski definition) is 4. The van der Waals surface area contributed by atoms with E-state index in [9.17, 15) is 4.39 Å². The van der Waals surface area contributed by atoms with Crippen LogP contribution in [0, 0.1) is 5.82 Å². The van der Waals surface area contributed by atoms with Crippen LogP contribution >= 0.6 is 11.8 Å². The Bertz CT molecular complexity index is 558. The van der Waals surface area contributed by atoms with Crippen LogP contribution in [0.25, 0.3) is 0 Å². The van der Waals surface area contributed by atoms with Crippen molar-refractivity contribution in [3.63, 3.8) is 0 Å². The number of aromatic nitrogens is 3. The summed E-state index contributed by atoms with van der Waals surface area (Å²) in [6.45, 7) is 3.08. The Hall–Kier alpha value is -1.40. The molecule has 0 bridgehead atoms. The summed E-state index contributed by atoms with van der Waals surface area (Å²) >= 11 is 1.54. The predicted octanol–water partition coefficient (Wildman–Crippen LogP) is 2.66. The maximum Gasteiger partial charge on any atom is 0.136 e. The van der Waals surface area contributed by atoms with Gasteiger partial charge < -0.3 is 5.32 Å². The minimum Gasteiger partial charge on any atom is -0.313 e. The summed E-state index contributed by atoms with van der Waals surface area (Å²) in [5.41, 5.74) is 0.959. The summed E-state index contributed by atoms with van der Waals surface area (Å²) in [4.78, 5) is 0.694. The van der Waals surface area contributed by atoms with Gasteiger partial charge in [-0.1, -0.05) is 24.3 Å². The van der Waals surface area contributed by atoms with Crippen LogP contribution in [0.4, 0.5) is 4.39 Å². The fourth-order valence-corrected chi connectivity index (χ4v) is 3.03. The summed E-state index contributed by atoms with van der Waals surface area (Å²) in [5.74, 6) is 0.647. The fraction of sp³-hybridized carbons (Fsp3) is 0.467. The molecule has 21 heavy (non-hydrogen) atoms. The Labute approximate surface area is 129 Å². The molecule has 1 aromatic heterocycles. The lowest BCUT2D eigenvalue weighted by atomic mass is 10.2. The molecule has 114 valence electrons. The van der Waals surface area contributed by atoms with E-state index < -0.39 is 0 Å². The molecule has 0 radical (unpaired) electrons. The Morgan fingerprint density at radius 2 is 2.19 bits per heavy atom. The number of rotatable bonds is 8. The molecule has 1 atom stereocenters. The number of nitrogens with zero attached hydrogens (tertiary/aromatic N) is 3. The lowest BCUT2D eigenvalue weighted by molar-refractivity contribution is 0.544. The molecule has 1 heterocycles. The molecule has 0 saturated carbocycles. The number of aryl methyl sites for hydroxylation is 1. The molecule has 2 rings (SSSR count). The van der Waals surface area contributed by atoms with Crippen LogP contribution in [0.5, 0.6) is 0 Å². The van der Waals surface area contributed by atoms with E-state index in [-0.39, 0.29) is 11.9 Å². The van der Waals surface area contributed by atoms with Gasteiger partial charge in [0.25, 0.3) is 0 Å². The highest BCUT2D eigenvalue weighted by molar-refractivity contribution is 7.99. The average molecular weight is 308 g/mol. The summed E-state index contributed by atoms with van der Waals surface area (Å²) in [6, 6.07) is 7.15. The second-order valence-electron chi connectivity index (χ2n) is 4.98. The summed E-state index contributed by atoms with van der Waals surface area (Å²) in [6.07, 6.45) is 3.80. The summed E-state index contributed by atoms with van der Waals surface area (Å²) in [7, 11) is 1.86. The SMILES string of the molecule is CCCNC(CSc1ccccc1F)Cc1cn(C)nn1. The largest absolute Gasteiger partial charge is 0.313 e. The molecule has 4 nitrogen and oxygen atoms in total. The van der Waals surface area contributed by atoms with Crippen LogP contribution in [0.3, 0.4) is 0 Å². The summed E-state index contributed by atoms with van der Waals surface area (Å²) < 4.78 is 15.4. The molecule has 0 saturated heterocycles. The van der Waals surface area contributed by atoms with E-state index in [1.807, 2.05) is 25.4 Å². The molecule has 0 spiro atoms. The van der Waals surface area contributed by atoms with Gasteiger partial charge in [-0.2, -0.15) is 0 Å². The van der Waals surface area contributed by atoms with Gasteiger partial charge in [0.15, 0.2) is 0 Å². The normalized spacial score (nSPS) is 12.5. The standard InChI is InChI=1S/C15H21FN4S/c1-3-8-17-13(9-12-10-20(2)19-18-12)11-21-15-7-5-4-6-14(15)16/h4-7,10,13,17H,3,8-9,11H2,1-2H3. The van der Waals surface area contributed by atoms with E-state index in [1.165, 1.54) is 17.8 Å². The zero-order valence-electron chi connectivity index (χ0n) is 12.4. The van der Waals surface area contributed by atoms with E-state index in [4.69, 9.17) is 0 Å². The van der Waals surface area contributed by atoms with Gasteiger partial charge in [-0.05, 0) is 25.1 Å². The monoisotopic (exact) mass is 308 g/mol. The van der Waals surface area contributed by atoms with Gasteiger partial charge >= 0.3 is 0 Å². The number of nitrogens with one attached hydrogen (secondary N) is 1. The topological polar surface area (TPSA) is 42.7 Å². The van der Waals surface area contributed by atoms with E-state index in [2.05, 4.69) is 22.6 Å². The minimum atomic E-state index is -0.156. The van der Waals surface area contributed by atoms with E-state index in [0.717, 1.165) is 30.8 Å². The van der Waals surface area contributed by atoms with Gasteiger partial charge in [0.1, 0.15) is 5.82 Å². The first-order valence-electron chi connectivity index (χ1n) is 7.15. The quantitative estimate of drug-likeness (QED) is 0.761. The maximum atomic E-state index is 13.7. The van der Waals surface area contributed by atoms with Crippen molar-refractivity contribution in [1.29, 1.82) is 0 Å². The number of benzene rings is 1. The van der Waals surface area contributed by atoms with Gasteiger partial charge in [-0.15, -0.1) is 16.9 Å². The van der Waals surface area contributed by atoms with Crippen molar-refractivity contribution >= 4 is 11.8 Å². The first-order chi connectivity index (χ1) is 10.2. The molecular weight excluding hydrogens is 287 g/mol. The highest BCUT2D eigenvalue weighted by atomic mass is 32.2. The first kappa shape index (κ1) is 16.0. The van der Waals surface area contributed by atoms with Crippen LogP contribution in [0.2, 0.25) is 0 Å². The third kappa shape index (κ3) is 5.13. The van der Waals surface area contributed by atoms with Crippen molar-refractivity contribution in [3.05, 3.63) is 42.0 Å². The maximum absolute atomic E-state index is 13.7. The molecule has 0 fully saturated rings. The number of hydrogen-bond donors (Lipinski definition) is 1. The van der Waals surface area contributed by atoms with Gasteiger partial charge in [0.05, 0.1) is 5.69 Å². The molecule has 6 heteroatoms. The van der Waals surface area contributed by atoms with Crippen LogP contribution in [-0.4, -0.2) is 33.3 Å². The van der Waals surface area contributed by atoms with Gasteiger partial charge in [0.2, 0.25) is 0 Å². The van der Waals surface area contributed by atoms with Crippen LogP contribution < -0.4 is 5.32 Å². The number of halogens is 1. The molecule has 1 unspecified atom stereocenters. The van der Waals surface area contributed by atoms with Crippen molar-refractivity contribution in [2.75, 3.05) is 12.3 Å². The molecule has 0 aliphatic heterocycles. The first-order valence-corrected chi connectivity index (χ1v) is 8.13. The molecule has 1 N–H and O–H groups in total. The molecular formula is C15H21FN4S. The lowest BCUT2D eigenvalue weighted by Crippen LogP contribution is -2.34. The third-order valence-electron chi connectivity index (χ3n) is 3.07. The third-order valence-corrected chi connectivity index (χ3v) is 4.28. The zero-order valence-corrected chi connectivity index (χ0v) is 13.2. The van der Waals surface area contributed by atoms with Crippen molar-refractivity contribution in [3.8, 4) is 0 Å². The highest BCUT2D eigenvalue weighted by Crippen LogP contribution is 2.22. The lowest BCUT2D eigenvalue weighted by Gasteiger charge is -2.17.